The summed E-state index contributed by atoms with van der Waals surface area (Å²) in [5, 5.41) is 5.12. The van der Waals surface area contributed by atoms with Gasteiger partial charge in [0.05, 0.1) is 28.0 Å². The third kappa shape index (κ3) is 6.38. The highest BCUT2D eigenvalue weighted by atomic mass is 35.5. The number of hydrogen-bond donors (Lipinski definition) is 2. The van der Waals surface area contributed by atoms with Crippen LogP contribution >= 0.6 is 11.6 Å². The molecular weight excluding hydrogens is 432 g/mol. The number of nitrogens with one attached hydrogen (secondary N) is 2. The Balaban J connectivity index is 0.00000166. The molecule has 1 heterocycles. The van der Waals surface area contributed by atoms with Crippen LogP contribution in [0.2, 0.25) is 5.02 Å². The fourth-order valence-corrected chi connectivity index (χ4v) is 2.97. The Labute approximate surface area is 185 Å². The Morgan fingerprint density at radius 1 is 1.13 bits per heavy atom. The van der Waals surface area contributed by atoms with Crippen LogP contribution in [0.5, 0.6) is 0 Å². The van der Waals surface area contributed by atoms with E-state index in [1.54, 1.807) is 18.2 Å². The van der Waals surface area contributed by atoms with Crippen molar-refractivity contribution < 1.29 is 27.3 Å². The fourth-order valence-electron chi connectivity index (χ4n) is 2.73. The molecule has 0 radical (unpaired) electrons. The van der Waals surface area contributed by atoms with Crippen LogP contribution in [0.3, 0.4) is 0 Å². The van der Waals surface area contributed by atoms with Crippen molar-refractivity contribution in [2.24, 2.45) is 0 Å². The zero-order valence-corrected chi connectivity index (χ0v) is 18.7. The van der Waals surface area contributed by atoms with Crippen molar-refractivity contribution in [2.75, 3.05) is 10.6 Å². The Morgan fingerprint density at radius 2 is 1.81 bits per heavy atom. The lowest BCUT2D eigenvalue weighted by Crippen LogP contribution is -2.34. The third-order valence-electron chi connectivity index (χ3n) is 4.68. The van der Waals surface area contributed by atoms with Gasteiger partial charge in [-0.2, -0.15) is 13.2 Å². The van der Waals surface area contributed by atoms with Crippen LogP contribution in [-0.2, 0) is 15.5 Å². The Bertz CT molecular complexity index is 925. The fraction of sp³-hybridized carbons (Fsp3) is 0.381. The minimum atomic E-state index is -4.50. The van der Waals surface area contributed by atoms with Crippen molar-refractivity contribution in [2.45, 2.75) is 52.5 Å². The topological polar surface area (TPSA) is 59.6 Å². The van der Waals surface area contributed by atoms with Crippen LogP contribution in [0.1, 0.15) is 40.2 Å². The van der Waals surface area contributed by atoms with Gasteiger partial charge in [-0.1, -0.05) is 37.6 Å². The number of halogens is 4. The summed E-state index contributed by atoms with van der Waals surface area (Å²) in [5.74, 6) is 0. The first-order valence-electron chi connectivity index (χ1n) is 9.84. The predicted molar refractivity (Wildman–Crippen MR) is 118 cm³/mol. The monoisotopic (exact) mass is 456 g/mol. The lowest BCUT2D eigenvalue weighted by molar-refractivity contribution is -0.137. The highest BCUT2D eigenvalue weighted by molar-refractivity contribution is 6.62. The number of urea groups is 1. The zero-order chi connectivity index (χ0) is 23.4. The average Bonchev–Trinajstić information content (AvgIpc) is 2.97. The van der Waals surface area contributed by atoms with E-state index in [1.165, 1.54) is 12.1 Å². The van der Waals surface area contributed by atoms with Gasteiger partial charge in [0.25, 0.3) is 0 Å². The van der Waals surface area contributed by atoms with Gasteiger partial charge < -0.3 is 19.9 Å². The second-order valence-electron chi connectivity index (χ2n) is 7.23. The number of rotatable bonds is 3. The molecular formula is C21H25BClF3N2O3. The van der Waals surface area contributed by atoms with E-state index >= 15 is 0 Å². The highest BCUT2D eigenvalue weighted by Gasteiger charge is 2.43. The predicted octanol–water partition coefficient (Wildman–Crippen LogP) is 5.94. The van der Waals surface area contributed by atoms with Crippen molar-refractivity contribution in [1.29, 1.82) is 0 Å². The number of amides is 2. The van der Waals surface area contributed by atoms with Crippen molar-refractivity contribution in [3.05, 3.63) is 53.1 Å². The van der Waals surface area contributed by atoms with Crippen LogP contribution < -0.4 is 16.1 Å². The first kappa shape index (κ1) is 25.0. The molecule has 0 aliphatic carbocycles. The van der Waals surface area contributed by atoms with Crippen LogP contribution in [0.25, 0.3) is 0 Å². The van der Waals surface area contributed by atoms with Crippen LogP contribution in [-0.4, -0.2) is 24.9 Å². The Morgan fingerprint density at radius 3 is 2.35 bits per heavy atom. The molecule has 1 unspecified atom stereocenters. The molecule has 0 aromatic heterocycles. The molecule has 1 atom stereocenters. The number of alkyl halides is 3. The lowest BCUT2D eigenvalue weighted by atomic mass is 9.79. The molecule has 31 heavy (non-hydrogen) atoms. The average molecular weight is 457 g/mol. The molecule has 2 N–H and O–H groups in total. The second kappa shape index (κ2) is 9.93. The molecule has 1 saturated heterocycles. The lowest BCUT2D eigenvalue weighted by Gasteiger charge is -2.21. The maximum atomic E-state index is 12.8. The molecule has 2 amide bonds. The SMILES string of the molecule is CC.CC1OB(c2ccc(NC(=O)Nc3cccc(C(F)(F)F)c3)c(Cl)c2)OC1(C)C. The minimum absolute atomic E-state index is 0.00837. The normalized spacial score (nSPS) is 17.6. The van der Waals surface area contributed by atoms with E-state index in [1.807, 2.05) is 34.6 Å². The summed E-state index contributed by atoms with van der Waals surface area (Å²) in [4.78, 5) is 12.2. The van der Waals surface area contributed by atoms with Gasteiger partial charge in [0, 0.05) is 5.69 Å². The molecule has 3 rings (SSSR count). The second-order valence-corrected chi connectivity index (χ2v) is 7.64. The number of anilines is 2. The van der Waals surface area contributed by atoms with E-state index in [0.29, 0.717) is 11.2 Å². The molecule has 5 nitrogen and oxygen atoms in total. The molecule has 0 bridgehead atoms. The van der Waals surface area contributed by atoms with Crippen molar-refractivity contribution >= 4 is 41.6 Å². The summed E-state index contributed by atoms with van der Waals surface area (Å²) in [6.45, 7) is 9.76. The van der Waals surface area contributed by atoms with E-state index in [-0.39, 0.29) is 16.8 Å². The molecule has 2 aromatic rings. The first-order chi connectivity index (χ1) is 14.5. The van der Waals surface area contributed by atoms with Gasteiger partial charge in [0.15, 0.2) is 0 Å². The summed E-state index contributed by atoms with van der Waals surface area (Å²) < 4.78 is 50.0. The van der Waals surface area contributed by atoms with Gasteiger partial charge in [-0.25, -0.2) is 4.79 Å². The summed E-state index contributed by atoms with van der Waals surface area (Å²) in [6.07, 6.45) is -4.61. The van der Waals surface area contributed by atoms with E-state index in [9.17, 15) is 18.0 Å². The van der Waals surface area contributed by atoms with E-state index in [2.05, 4.69) is 10.6 Å². The highest BCUT2D eigenvalue weighted by Crippen LogP contribution is 2.31. The van der Waals surface area contributed by atoms with Crippen molar-refractivity contribution in [3.63, 3.8) is 0 Å². The quantitative estimate of drug-likeness (QED) is 0.562. The smallest absolute Gasteiger partial charge is 0.402 e. The zero-order valence-electron chi connectivity index (χ0n) is 17.9. The summed E-state index contributed by atoms with van der Waals surface area (Å²) >= 11 is 6.25. The molecule has 0 saturated carbocycles. The Kier molecular flexibility index (Phi) is 8.02. The minimum Gasteiger partial charge on any atom is -0.402 e. The molecule has 10 heteroatoms. The standard InChI is InChI=1S/C19H19BClF3N2O3.C2H6/c1-11-18(2,3)29-20(28-11)13-7-8-16(15(21)10-13)26-17(27)25-14-6-4-5-12(9-14)19(22,23)24;1-2/h4-11H,1-3H3,(H2,25,26,27);1-2H3. The summed E-state index contributed by atoms with van der Waals surface area (Å²) in [7, 11) is -0.578. The van der Waals surface area contributed by atoms with E-state index < -0.39 is 30.5 Å². The van der Waals surface area contributed by atoms with Crippen LogP contribution in [0, 0.1) is 0 Å². The number of hydrogen-bond acceptors (Lipinski definition) is 3. The first-order valence-corrected chi connectivity index (χ1v) is 10.2. The molecule has 1 fully saturated rings. The summed E-state index contributed by atoms with van der Waals surface area (Å²) in [5.41, 5.74) is -0.305. The maximum Gasteiger partial charge on any atom is 0.494 e. The molecule has 0 spiro atoms. The van der Waals surface area contributed by atoms with E-state index in [0.717, 1.165) is 12.1 Å². The third-order valence-corrected chi connectivity index (χ3v) is 4.99. The van der Waals surface area contributed by atoms with E-state index in [4.69, 9.17) is 20.9 Å². The Hall–Kier alpha value is -2.23. The van der Waals surface area contributed by atoms with Gasteiger partial charge >= 0.3 is 19.3 Å². The van der Waals surface area contributed by atoms with Gasteiger partial charge in [0.2, 0.25) is 0 Å². The number of benzene rings is 2. The summed E-state index contributed by atoms with van der Waals surface area (Å²) in [6, 6.07) is 8.51. The molecule has 1 aliphatic rings. The van der Waals surface area contributed by atoms with Gasteiger partial charge in [0.1, 0.15) is 0 Å². The van der Waals surface area contributed by atoms with Gasteiger partial charge in [-0.15, -0.1) is 0 Å². The molecule has 1 aliphatic heterocycles. The number of carbonyl (C=O) groups is 1. The van der Waals surface area contributed by atoms with Crippen molar-refractivity contribution in [3.8, 4) is 0 Å². The molecule has 168 valence electrons. The van der Waals surface area contributed by atoms with Crippen LogP contribution in [0.15, 0.2) is 42.5 Å². The van der Waals surface area contributed by atoms with Crippen LogP contribution in [0.4, 0.5) is 29.3 Å². The van der Waals surface area contributed by atoms with Crippen molar-refractivity contribution in [1.82, 2.24) is 0 Å². The van der Waals surface area contributed by atoms with Gasteiger partial charge in [-0.05, 0) is 56.6 Å². The molecule has 2 aromatic carbocycles. The van der Waals surface area contributed by atoms with Gasteiger partial charge in [-0.3, -0.25) is 0 Å². The number of carbonyl (C=O) groups excluding carboxylic acids is 1. The largest absolute Gasteiger partial charge is 0.494 e. The maximum absolute atomic E-state index is 12.8.